The third-order valence-electron chi connectivity index (χ3n) is 6.45. The third-order valence-corrected chi connectivity index (χ3v) is 6.45. The number of likely N-dealkylation sites (tertiary alicyclic amines) is 1. The van der Waals surface area contributed by atoms with E-state index in [1.165, 1.54) is 0 Å². The van der Waals surface area contributed by atoms with Gasteiger partial charge in [0.05, 0.1) is 7.05 Å². The molecule has 0 bridgehead atoms. The number of benzene rings is 2. The SMILES string of the molecule is CC(C)(C)OC(=O)N1CCC(C(=O)C2Nc3ccccc3[N+]2(C)/C=C\c2ccccc2)CC1. The van der Waals surface area contributed by atoms with Crippen molar-refractivity contribution in [3.8, 4) is 0 Å². The van der Waals surface area contributed by atoms with E-state index in [1.807, 2.05) is 57.2 Å². The number of amides is 1. The first-order valence-electron chi connectivity index (χ1n) is 11.7. The molecule has 0 spiro atoms. The highest BCUT2D eigenvalue weighted by Gasteiger charge is 2.48. The van der Waals surface area contributed by atoms with Gasteiger partial charge in [-0.3, -0.25) is 4.79 Å². The maximum atomic E-state index is 13.8. The summed E-state index contributed by atoms with van der Waals surface area (Å²) in [6.07, 6.45) is 4.78. The van der Waals surface area contributed by atoms with Crippen molar-refractivity contribution in [2.45, 2.75) is 45.4 Å². The van der Waals surface area contributed by atoms with Crippen LogP contribution in [0.15, 0.2) is 60.8 Å². The predicted molar refractivity (Wildman–Crippen MR) is 133 cm³/mol. The van der Waals surface area contributed by atoms with Crippen molar-refractivity contribution in [2.75, 3.05) is 25.5 Å². The number of carbonyl (C=O) groups is 2. The Labute approximate surface area is 196 Å². The number of carbonyl (C=O) groups excluding carboxylic acids is 2. The number of hydrogen-bond acceptors (Lipinski definition) is 4. The number of piperidine rings is 1. The van der Waals surface area contributed by atoms with Crippen LogP contribution in [0.4, 0.5) is 16.2 Å². The molecule has 2 aromatic rings. The molecule has 1 amide bonds. The van der Waals surface area contributed by atoms with Crippen LogP contribution in [-0.2, 0) is 9.53 Å². The second-order valence-electron chi connectivity index (χ2n) is 10.1. The number of ketones is 1. The molecule has 2 heterocycles. The molecule has 1 fully saturated rings. The summed E-state index contributed by atoms with van der Waals surface area (Å²) in [6, 6.07) is 18.2. The van der Waals surface area contributed by atoms with Gasteiger partial charge in [-0.05, 0) is 51.3 Å². The highest BCUT2D eigenvalue weighted by Crippen LogP contribution is 2.41. The Balaban J connectivity index is 1.51. The topological polar surface area (TPSA) is 58.6 Å². The van der Waals surface area contributed by atoms with Crippen molar-refractivity contribution in [1.29, 1.82) is 0 Å². The van der Waals surface area contributed by atoms with Crippen LogP contribution in [0, 0.1) is 5.92 Å². The van der Waals surface area contributed by atoms with Gasteiger partial charge in [0.1, 0.15) is 17.5 Å². The number of nitrogens with one attached hydrogen (secondary N) is 1. The van der Waals surface area contributed by atoms with Crippen LogP contribution < -0.4 is 9.80 Å². The van der Waals surface area contributed by atoms with E-state index in [0.29, 0.717) is 30.4 Å². The van der Waals surface area contributed by atoms with Crippen LogP contribution in [-0.4, -0.2) is 48.7 Å². The van der Waals surface area contributed by atoms with Crippen LogP contribution in [0.5, 0.6) is 0 Å². The second kappa shape index (κ2) is 9.02. The van der Waals surface area contributed by atoms with Crippen LogP contribution in [0.3, 0.4) is 0 Å². The van der Waals surface area contributed by atoms with E-state index < -0.39 is 11.8 Å². The lowest BCUT2D eigenvalue weighted by atomic mass is 9.90. The van der Waals surface area contributed by atoms with Gasteiger partial charge < -0.3 is 15.0 Å². The molecular weight excluding hydrogens is 414 g/mol. The molecule has 1 N–H and O–H groups in total. The molecular formula is C27H34N3O3+. The number of likely N-dealkylation sites (N-methyl/N-ethyl adjacent to an activating group) is 1. The van der Waals surface area contributed by atoms with Gasteiger partial charge in [0, 0.05) is 25.1 Å². The molecule has 0 radical (unpaired) electrons. The fourth-order valence-electron chi connectivity index (χ4n) is 4.64. The number of ether oxygens (including phenoxy) is 1. The Morgan fingerprint density at radius 2 is 1.67 bits per heavy atom. The summed E-state index contributed by atoms with van der Waals surface area (Å²) in [5, 5.41) is 3.49. The van der Waals surface area contributed by atoms with Crippen molar-refractivity contribution >= 4 is 29.3 Å². The number of nitrogens with zero attached hydrogens (tertiary/aromatic N) is 2. The highest BCUT2D eigenvalue weighted by molar-refractivity contribution is 5.95. The molecule has 33 heavy (non-hydrogen) atoms. The minimum absolute atomic E-state index is 0.0990. The van der Waals surface area contributed by atoms with Gasteiger partial charge in [0.25, 0.3) is 0 Å². The largest absolute Gasteiger partial charge is 0.444 e. The molecule has 4 rings (SSSR count). The summed E-state index contributed by atoms with van der Waals surface area (Å²) in [6.45, 7) is 6.67. The molecule has 0 aromatic heterocycles. The number of rotatable bonds is 4. The summed E-state index contributed by atoms with van der Waals surface area (Å²) < 4.78 is 5.87. The van der Waals surface area contributed by atoms with E-state index in [4.69, 9.17) is 4.74 Å². The maximum absolute atomic E-state index is 13.8. The van der Waals surface area contributed by atoms with E-state index in [-0.39, 0.29) is 17.8 Å². The minimum Gasteiger partial charge on any atom is -0.444 e. The zero-order chi connectivity index (χ0) is 23.6. The lowest BCUT2D eigenvalue weighted by Gasteiger charge is -2.36. The first-order chi connectivity index (χ1) is 15.7. The standard InChI is InChI=1S/C27H34N3O3/c1-27(2,3)33-26(32)29-17-14-21(15-18-29)24(31)25-28-22-12-8-9-13-23(22)30(25,4)19-16-20-10-6-5-7-11-20/h5-13,16,19,21,25,28H,14-15,17-18H2,1-4H3/q+1/b19-16-. The molecule has 0 saturated carbocycles. The molecule has 6 nitrogen and oxygen atoms in total. The summed E-state index contributed by atoms with van der Waals surface area (Å²) in [7, 11) is 2.08. The number of fused-ring (bicyclic) bond motifs is 1. The number of quaternary nitrogens is 1. The Bertz CT molecular complexity index is 1040. The smallest absolute Gasteiger partial charge is 0.410 e. The Morgan fingerprint density at radius 1 is 1.03 bits per heavy atom. The van der Waals surface area contributed by atoms with E-state index in [1.54, 1.807) is 4.90 Å². The monoisotopic (exact) mass is 448 g/mol. The lowest BCUT2D eigenvalue weighted by molar-refractivity contribution is -0.127. The minimum atomic E-state index is -0.520. The van der Waals surface area contributed by atoms with Crippen molar-refractivity contribution in [1.82, 2.24) is 9.38 Å². The highest BCUT2D eigenvalue weighted by atomic mass is 16.6. The third kappa shape index (κ3) is 4.96. The van der Waals surface area contributed by atoms with Gasteiger partial charge in [0.2, 0.25) is 11.9 Å². The average Bonchev–Trinajstić information content (AvgIpc) is 3.10. The Kier molecular flexibility index (Phi) is 6.30. The van der Waals surface area contributed by atoms with Gasteiger partial charge in [-0.25, -0.2) is 9.28 Å². The second-order valence-corrected chi connectivity index (χ2v) is 10.1. The molecule has 2 unspecified atom stereocenters. The first-order valence-corrected chi connectivity index (χ1v) is 11.7. The van der Waals surface area contributed by atoms with Gasteiger partial charge >= 0.3 is 6.09 Å². The Morgan fingerprint density at radius 3 is 2.33 bits per heavy atom. The zero-order valence-corrected chi connectivity index (χ0v) is 20.0. The van der Waals surface area contributed by atoms with Gasteiger partial charge in [-0.1, -0.05) is 42.5 Å². The van der Waals surface area contributed by atoms with E-state index >= 15 is 0 Å². The van der Waals surface area contributed by atoms with Crippen LogP contribution in [0.25, 0.3) is 6.08 Å². The molecule has 2 aliphatic heterocycles. The number of hydrogen-bond donors (Lipinski definition) is 1. The van der Waals surface area contributed by atoms with Gasteiger partial charge in [-0.2, -0.15) is 0 Å². The van der Waals surface area contributed by atoms with Crippen LogP contribution >= 0.6 is 0 Å². The summed E-state index contributed by atoms with van der Waals surface area (Å²) in [4.78, 5) is 27.9. The number of Topliss-reactive ketones (excluding diaryl/α,β-unsaturated/α-hetero) is 1. The molecule has 2 atom stereocenters. The average molecular weight is 449 g/mol. The quantitative estimate of drug-likeness (QED) is 0.648. The van der Waals surface area contributed by atoms with Crippen molar-refractivity contribution in [2.24, 2.45) is 5.92 Å². The first kappa shape index (κ1) is 23.1. The normalized spacial score (nSPS) is 23.3. The molecule has 174 valence electrons. The molecule has 2 aliphatic rings. The van der Waals surface area contributed by atoms with Gasteiger partial charge in [-0.15, -0.1) is 0 Å². The molecule has 6 heteroatoms. The lowest BCUT2D eigenvalue weighted by Crippen LogP contribution is -2.56. The van der Waals surface area contributed by atoms with Crippen molar-refractivity contribution in [3.63, 3.8) is 0 Å². The predicted octanol–water partition coefficient (Wildman–Crippen LogP) is 5.26. The Hall–Kier alpha value is -3.12. The van der Waals surface area contributed by atoms with Crippen LogP contribution in [0.2, 0.25) is 0 Å². The molecule has 0 aliphatic carbocycles. The summed E-state index contributed by atoms with van der Waals surface area (Å²) in [5.41, 5.74) is 2.64. The van der Waals surface area contributed by atoms with E-state index in [2.05, 4.69) is 42.8 Å². The zero-order valence-electron chi connectivity index (χ0n) is 20.0. The van der Waals surface area contributed by atoms with Crippen molar-refractivity contribution < 1.29 is 14.3 Å². The summed E-state index contributed by atoms with van der Waals surface area (Å²) >= 11 is 0. The fraction of sp³-hybridized carbons (Fsp3) is 0.407. The maximum Gasteiger partial charge on any atom is 0.410 e. The van der Waals surface area contributed by atoms with E-state index in [9.17, 15) is 9.59 Å². The van der Waals surface area contributed by atoms with Gasteiger partial charge in [0.15, 0.2) is 5.69 Å². The van der Waals surface area contributed by atoms with Crippen LogP contribution in [0.1, 0.15) is 39.2 Å². The van der Waals surface area contributed by atoms with Crippen molar-refractivity contribution in [3.05, 3.63) is 66.4 Å². The van der Waals surface area contributed by atoms with E-state index in [0.717, 1.165) is 16.9 Å². The number of anilines is 1. The fourth-order valence-corrected chi connectivity index (χ4v) is 4.64. The summed E-state index contributed by atoms with van der Waals surface area (Å²) in [5.74, 6) is 0.0910. The number of para-hydroxylation sites is 2. The molecule has 1 saturated heterocycles. The molecule has 2 aromatic carbocycles.